The Hall–Kier alpha value is -6.85. The molecule has 0 spiro atoms. The fourth-order valence-corrected chi connectivity index (χ4v) is 8.50. The maximum absolute atomic E-state index is 13.0. The van der Waals surface area contributed by atoms with E-state index in [0.717, 1.165) is 76.5 Å². The van der Waals surface area contributed by atoms with Crippen LogP contribution in [0.25, 0.3) is 15.9 Å². The average Bonchev–Trinajstić information content (AvgIpc) is 3.94. The van der Waals surface area contributed by atoms with Crippen molar-refractivity contribution in [2.24, 2.45) is 0 Å². The smallest absolute Gasteiger partial charge is 0.457 e. The second-order valence-electron chi connectivity index (χ2n) is 15.2. The summed E-state index contributed by atoms with van der Waals surface area (Å²) in [6.45, 7) is 4.04. The van der Waals surface area contributed by atoms with Gasteiger partial charge in [-0.05, 0) is 127 Å². The van der Waals surface area contributed by atoms with Gasteiger partial charge in [-0.2, -0.15) is 13.2 Å². The molecule has 1 fully saturated rings. The number of thiophene rings is 1. The number of hydrogen-bond acceptors (Lipinski definition) is 9. The van der Waals surface area contributed by atoms with E-state index in [2.05, 4.69) is 47.4 Å². The minimum Gasteiger partial charge on any atom is -0.457 e. The first kappa shape index (κ1) is 45.7. The summed E-state index contributed by atoms with van der Waals surface area (Å²) < 4.78 is 87.7. The van der Waals surface area contributed by atoms with E-state index in [-0.39, 0.29) is 23.3 Å². The Kier molecular flexibility index (Phi) is 13.7. The number of hydrogen-bond donors (Lipinski definition) is 2. The van der Waals surface area contributed by atoms with Crippen molar-refractivity contribution < 1.29 is 40.6 Å². The van der Waals surface area contributed by atoms with Crippen molar-refractivity contribution in [1.82, 2.24) is 24.7 Å². The van der Waals surface area contributed by atoms with Crippen LogP contribution in [-0.4, -0.2) is 44.7 Å². The van der Waals surface area contributed by atoms with Crippen molar-refractivity contribution >= 4 is 61.9 Å². The molecule has 0 unspecified atom stereocenters. The van der Waals surface area contributed by atoms with E-state index in [0.29, 0.717) is 40.9 Å². The largest absolute Gasteiger partial charge is 0.573 e. The molecule has 4 aromatic heterocycles. The summed E-state index contributed by atoms with van der Waals surface area (Å²) in [6, 6.07) is 31.4. The molecule has 0 saturated carbocycles. The summed E-state index contributed by atoms with van der Waals surface area (Å²) in [5.74, 6) is 1.14. The molecule has 2 N–H and O–H groups in total. The number of imidazole rings is 1. The molecule has 0 bridgehead atoms. The van der Waals surface area contributed by atoms with E-state index < -0.39 is 18.1 Å². The zero-order valence-electron chi connectivity index (χ0n) is 35.0. The highest BCUT2D eigenvalue weighted by Gasteiger charge is 2.32. The number of nitrogens with one attached hydrogen (secondary N) is 2. The first-order valence-electron chi connectivity index (χ1n) is 20.7. The monoisotopic (exact) mass is 943 g/mol. The van der Waals surface area contributed by atoms with Gasteiger partial charge in [0.15, 0.2) is 5.82 Å². The topological polar surface area (TPSA) is 106 Å². The van der Waals surface area contributed by atoms with Crippen molar-refractivity contribution in [3.8, 4) is 17.2 Å². The first-order chi connectivity index (χ1) is 31.7. The number of carbonyl (C=O) groups is 1. The third-order valence-corrected chi connectivity index (χ3v) is 11.9. The second-order valence-corrected chi connectivity index (χ2v) is 16.6. The summed E-state index contributed by atoms with van der Waals surface area (Å²) in [7, 11) is 0. The molecule has 1 aliphatic rings. The molecule has 0 atom stereocenters. The molecule has 18 heteroatoms. The van der Waals surface area contributed by atoms with Crippen molar-refractivity contribution in [2.45, 2.75) is 51.2 Å². The number of carbonyl (C=O) groups excluding carboxylic acids is 1. The Morgan fingerprint density at radius 2 is 1.58 bits per heavy atom. The SMILES string of the molecule is CCc1nc2ccc(Cl)cn2c1C(=O)NCc1ccc(N2CCC(c3ccc(OC(F)(F)F)cc3)CC2)cc1.FC(F)(F)c1cccc(Oc2ccc(Nc3ncnc4ccsc34)cc2)c1. The van der Waals surface area contributed by atoms with E-state index in [1.165, 1.54) is 41.9 Å². The zero-order chi connectivity index (χ0) is 46.4. The summed E-state index contributed by atoms with van der Waals surface area (Å²) in [5, 5.41) is 8.68. The number of amides is 1. The fourth-order valence-electron chi connectivity index (χ4n) is 7.55. The lowest BCUT2D eigenvalue weighted by Crippen LogP contribution is -2.32. The number of aromatic nitrogens is 4. The van der Waals surface area contributed by atoms with E-state index in [9.17, 15) is 31.1 Å². The quantitative estimate of drug-likeness (QED) is 0.124. The van der Waals surface area contributed by atoms with Crippen LogP contribution in [0, 0.1) is 0 Å². The van der Waals surface area contributed by atoms with Crippen LogP contribution in [0.3, 0.4) is 0 Å². The van der Waals surface area contributed by atoms with Crippen molar-refractivity contribution in [1.29, 1.82) is 0 Å². The van der Waals surface area contributed by atoms with Crippen LogP contribution >= 0.6 is 22.9 Å². The molecule has 5 heterocycles. The second kappa shape index (κ2) is 19.7. The van der Waals surface area contributed by atoms with E-state index in [1.54, 1.807) is 59.1 Å². The first-order valence-corrected chi connectivity index (χ1v) is 22.0. The van der Waals surface area contributed by atoms with Gasteiger partial charge in [-0.15, -0.1) is 24.5 Å². The van der Waals surface area contributed by atoms with Gasteiger partial charge >= 0.3 is 12.5 Å². The third kappa shape index (κ3) is 11.3. The van der Waals surface area contributed by atoms with E-state index >= 15 is 0 Å². The van der Waals surface area contributed by atoms with Gasteiger partial charge in [0.25, 0.3) is 5.91 Å². The number of nitrogens with zero attached hydrogens (tertiary/aromatic N) is 5. The van der Waals surface area contributed by atoms with Crippen LogP contribution in [-0.2, 0) is 19.1 Å². The normalized spacial score (nSPS) is 13.3. The summed E-state index contributed by atoms with van der Waals surface area (Å²) in [6.07, 6.45) is -3.46. The molecule has 4 aromatic carbocycles. The lowest BCUT2D eigenvalue weighted by molar-refractivity contribution is -0.274. The molecule has 9 rings (SSSR count). The number of halogens is 7. The van der Waals surface area contributed by atoms with Crippen LogP contribution in [0.5, 0.6) is 17.2 Å². The molecule has 0 aliphatic carbocycles. The Bertz CT molecular complexity index is 2920. The molecule has 1 saturated heterocycles. The van der Waals surface area contributed by atoms with Gasteiger partial charge in [-0.3, -0.25) is 9.20 Å². The lowest BCUT2D eigenvalue weighted by Gasteiger charge is -2.34. The van der Waals surface area contributed by atoms with Gasteiger partial charge in [0.1, 0.15) is 34.9 Å². The van der Waals surface area contributed by atoms with Crippen LogP contribution in [0.4, 0.5) is 43.5 Å². The summed E-state index contributed by atoms with van der Waals surface area (Å²) in [5.41, 5.74) is 5.90. The van der Waals surface area contributed by atoms with Crippen LogP contribution in [0.2, 0.25) is 5.02 Å². The highest BCUT2D eigenvalue weighted by Crippen LogP contribution is 2.35. The molecule has 66 heavy (non-hydrogen) atoms. The summed E-state index contributed by atoms with van der Waals surface area (Å²) >= 11 is 7.68. The number of aryl methyl sites for hydroxylation is 1. The molecule has 1 aliphatic heterocycles. The Balaban J connectivity index is 0.000000192. The van der Waals surface area contributed by atoms with Gasteiger partial charge < -0.3 is 25.0 Å². The fraction of sp³-hybridized carbons (Fsp3) is 0.208. The number of anilines is 3. The van der Waals surface area contributed by atoms with Crippen molar-refractivity contribution in [3.63, 3.8) is 0 Å². The minimum absolute atomic E-state index is 0.127. The summed E-state index contributed by atoms with van der Waals surface area (Å²) in [4.78, 5) is 28.3. The van der Waals surface area contributed by atoms with Gasteiger partial charge in [-0.1, -0.05) is 48.9 Å². The van der Waals surface area contributed by atoms with Crippen LogP contribution in [0.15, 0.2) is 133 Å². The number of ether oxygens (including phenoxy) is 2. The number of pyridine rings is 1. The van der Waals surface area contributed by atoms with Gasteiger partial charge in [-0.25, -0.2) is 15.0 Å². The molecular weight excluding hydrogens is 904 g/mol. The highest BCUT2D eigenvalue weighted by atomic mass is 35.5. The van der Waals surface area contributed by atoms with Crippen LogP contribution < -0.4 is 25.0 Å². The van der Waals surface area contributed by atoms with Gasteiger partial charge in [0.2, 0.25) is 0 Å². The maximum atomic E-state index is 13.0. The van der Waals surface area contributed by atoms with Gasteiger partial charge in [0.05, 0.1) is 26.5 Å². The molecule has 340 valence electrons. The Morgan fingerprint density at radius 3 is 2.27 bits per heavy atom. The number of alkyl halides is 6. The highest BCUT2D eigenvalue weighted by molar-refractivity contribution is 7.17. The molecule has 1 amide bonds. The predicted molar refractivity (Wildman–Crippen MR) is 243 cm³/mol. The predicted octanol–water partition coefficient (Wildman–Crippen LogP) is 13.0. The number of piperidine rings is 1. The molecule has 0 radical (unpaired) electrons. The molecule has 10 nitrogen and oxygen atoms in total. The molecule has 8 aromatic rings. The standard InChI is InChI=1S/C29H28ClF3N4O2.C19H12F3N3OS/c1-2-25-27(37-18-22(30)7-12-26(37)35-25)28(38)34-17-19-3-8-23(9-4-19)36-15-13-21(14-16-36)20-5-10-24(11-6-20)39-29(31,32)33;20-19(21,22)12-2-1-3-15(10-12)26-14-6-4-13(5-7-14)25-18-17-16(8-9-27-17)23-11-24-18/h3-12,18,21H,2,13-17H2,1H3,(H,34,38);1-11H,(H,23,24,25). The van der Waals surface area contributed by atoms with Crippen molar-refractivity contribution in [2.75, 3.05) is 23.3 Å². The number of fused-ring (bicyclic) bond motifs is 2. The van der Waals surface area contributed by atoms with Gasteiger partial charge in [0, 0.05) is 37.2 Å². The van der Waals surface area contributed by atoms with E-state index in [1.807, 2.05) is 30.5 Å². The van der Waals surface area contributed by atoms with E-state index in [4.69, 9.17) is 16.3 Å². The average molecular weight is 944 g/mol. The van der Waals surface area contributed by atoms with Crippen molar-refractivity contribution in [3.05, 3.63) is 166 Å². The van der Waals surface area contributed by atoms with Crippen LogP contribution in [0.1, 0.15) is 58.6 Å². The Morgan fingerprint density at radius 1 is 0.848 bits per heavy atom. The Labute approximate surface area is 383 Å². The number of benzene rings is 4. The molecular formula is C48H40ClF6N7O3S. The minimum atomic E-state index is -4.68. The lowest BCUT2D eigenvalue weighted by atomic mass is 9.89. The number of rotatable bonds is 11. The third-order valence-electron chi connectivity index (χ3n) is 10.8. The maximum Gasteiger partial charge on any atom is 0.573 e. The zero-order valence-corrected chi connectivity index (χ0v) is 36.6.